The van der Waals surface area contributed by atoms with E-state index in [2.05, 4.69) is 5.32 Å². The number of amides is 1. The van der Waals surface area contributed by atoms with Crippen molar-refractivity contribution < 1.29 is 22.8 Å². The van der Waals surface area contributed by atoms with Crippen LogP contribution in [-0.2, 0) is 11.2 Å². The van der Waals surface area contributed by atoms with E-state index in [0.29, 0.717) is 38.1 Å². The molecule has 0 aliphatic heterocycles. The lowest BCUT2D eigenvalue weighted by Gasteiger charge is -2.06. The van der Waals surface area contributed by atoms with Crippen molar-refractivity contribution in [1.29, 1.82) is 0 Å². The van der Waals surface area contributed by atoms with Crippen LogP contribution in [0.25, 0.3) is 21.9 Å². The van der Waals surface area contributed by atoms with Crippen LogP contribution in [0.5, 0.6) is 0 Å². The van der Waals surface area contributed by atoms with Crippen molar-refractivity contribution in [1.82, 2.24) is 0 Å². The minimum atomic E-state index is -0.419. The predicted octanol–water partition coefficient (Wildman–Crippen LogP) is 6.38. The molecule has 3 aromatic carbocycles. The Hall–Kier alpha value is -3.90. The summed E-state index contributed by atoms with van der Waals surface area (Å²) in [7, 11) is 0. The van der Waals surface area contributed by atoms with Gasteiger partial charge in [0.05, 0.1) is 18.4 Å². The van der Waals surface area contributed by atoms with E-state index in [0.717, 1.165) is 0 Å². The number of rotatable bonds is 5. The second-order valence-electron chi connectivity index (χ2n) is 7.26. The molecule has 0 aliphatic rings. The summed E-state index contributed by atoms with van der Waals surface area (Å²) in [6, 6.07) is 17.6. The maximum absolute atomic E-state index is 13.6. The van der Waals surface area contributed by atoms with E-state index in [1.807, 2.05) is 0 Å². The molecular formula is C25H15ClFNO4. The lowest BCUT2D eigenvalue weighted by molar-refractivity contribution is -0.115. The molecule has 5 rings (SSSR count). The first-order valence-corrected chi connectivity index (χ1v) is 10.1. The topological polar surface area (TPSA) is 72.5 Å². The van der Waals surface area contributed by atoms with E-state index in [9.17, 15) is 14.0 Å². The number of hydrogen-bond acceptors (Lipinski definition) is 4. The Bertz CT molecular complexity index is 1480. The van der Waals surface area contributed by atoms with Gasteiger partial charge in [0.15, 0.2) is 5.76 Å². The number of furan rings is 2. The van der Waals surface area contributed by atoms with E-state index in [-0.39, 0.29) is 23.7 Å². The van der Waals surface area contributed by atoms with Crippen molar-refractivity contribution in [3.8, 4) is 0 Å². The zero-order valence-corrected chi connectivity index (χ0v) is 17.3. The number of halogens is 2. The Morgan fingerprint density at radius 3 is 2.53 bits per heavy atom. The highest BCUT2D eigenvalue weighted by atomic mass is 35.5. The van der Waals surface area contributed by atoms with Gasteiger partial charge in [0, 0.05) is 26.9 Å². The third kappa shape index (κ3) is 3.65. The molecule has 7 heteroatoms. The Balaban J connectivity index is 1.49. The maximum atomic E-state index is 13.6. The molecule has 0 unspecified atom stereocenters. The van der Waals surface area contributed by atoms with Crippen LogP contribution in [0.15, 0.2) is 81.8 Å². The molecule has 0 saturated carbocycles. The van der Waals surface area contributed by atoms with Crippen molar-refractivity contribution in [2.75, 3.05) is 5.32 Å². The largest absolute Gasteiger partial charge is 0.464 e. The van der Waals surface area contributed by atoms with Crippen LogP contribution in [0.3, 0.4) is 0 Å². The molecule has 2 aromatic heterocycles. The Morgan fingerprint density at radius 1 is 0.938 bits per heavy atom. The highest BCUT2D eigenvalue weighted by Gasteiger charge is 2.24. The molecule has 2 heterocycles. The van der Waals surface area contributed by atoms with Gasteiger partial charge in [-0.1, -0.05) is 23.7 Å². The van der Waals surface area contributed by atoms with E-state index in [4.69, 9.17) is 20.4 Å². The quantitative estimate of drug-likeness (QED) is 0.317. The molecule has 0 bridgehead atoms. The second-order valence-corrected chi connectivity index (χ2v) is 7.70. The van der Waals surface area contributed by atoms with Crippen LogP contribution in [0.2, 0.25) is 5.02 Å². The first kappa shape index (κ1) is 20.0. The lowest BCUT2D eigenvalue weighted by Crippen LogP contribution is -2.16. The summed E-state index contributed by atoms with van der Waals surface area (Å²) in [5.41, 5.74) is 2.15. The number of benzene rings is 3. The number of ketones is 1. The van der Waals surface area contributed by atoms with Gasteiger partial charge < -0.3 is 14.2 Å². The van der Waals surface area contributed by atoms with E-state index in [1.54, 1.807) is 48.5 Å². The Morgan fingerprint density at radius 2 is 1.72 bits per heavy atom. The maximum Gasteiger partial charge on any atom is 0.230 e. The van der Waals surface area contributed by atoms with Crippen LogP contribution >= 0.6 is 11.6 Å². The zero-order chi connectivity index (χ0) is 22.2. The highest BCUT2D eigenvalue weighted by molar-refractivity contribution is 6.30. The molecule has 0 aliphatic carbocycles. The van der Waals surface area contributed by atoms with Gasteiger partial charge in [-0.05, 0) is 54.6 Å². The van der Waals surface area contributed by atoms with Crippen LogP contribution in [0, 0.1) is 5.82 Å². The molecule has 0 atom stereocenters. The van der Waals surface area contributed by atoms with Crippen molar-refractivity contribution >= 4 is 50.9 Å². The Labute approximate surface area is 186 Å². The Kier molecular flexibility index (Phi) is 4.99. The van der Waals surface area contributed by atoms with Crippen molar-refractivity contribution in [2.45, 2.75) is 6.42 Å². The van der Waals surface area contributed by atoms with Crippen LogP contribution < -0.4 is 5.32 Å². The fourth-order valence-corrected chi connectivity index (χ4v) is 3.74. The van der Waals surface area contributed by atoms with Gasteiger partial charge in [-0.2, -0.15) is 0 Å². The molecule has 1 amide bonds. The van der Waals surface area contributed by atoms with Crippen LogP contribution in [-0.4, -0.2) is 11.7 Å². The zero-order valence-electron chi connectivity index (χ0n) is 16.5. The molecular weight excluding hydrogens is 433 g/mol. The SMILES string of the molecule is O=C(Cc1coc2ccc(F)cc12)Nc1c(C(=O)c2ccc(Cl)cc2)oc2ccccc12. The molecule has 0 fully saturated rings. The smallest absolute Gasteiger partial charge is 0.230 e. The van der Waals surface area contributed by atoms with Gasteiger partial charge in [-0.15, -0.1) is 0 Å². The summed E-state index contributed by atoms with van der Waals surface area (Å²) in [4.78, 5) is 26.0. The first-order chi connectivity index (χ1) is 15.5. The summed E-state index contributed by atoms with van der Waals surface area (Å²) in [6.45, 7) is 0. The molecule has 0 spiro atoms. The van der Waals surface area contributed by atoms with Crippen molar-refractivity contribution in [3.63, 3.8) is 0 Å². The number of carbonyl (C=O) groups is 2. The molecule has 158 valence electrons. The van der Waals surface area contributed by atoms with E-state index in [1.165, 1.54) is 24.5 Å². The van der Waals surface area contributed by atoms with Crippen LogP contribution in [0.1, 0.15) is 21.7 Å². The van der Waals surface area contributed by atoms with Gasteiger partial charge >= 0.3 is 0 Å². The standard InChI is InChI=1S/C25H15ClFNO4/c26-16-7-5-14(6-8-16)24(30)25-23(18-3-1-2-4-21(18)32-25)28-22(29)11-15-13-31-20-10-9-17(27)12-19(15)20/h1-10,12-13H,11H2,(H,28,29). The van der Waals surface area contributed by atoms with Crippen molar-refractivity contribution in [2.24, 2.45) is 0 Å². The minimum absolute atomic E-state index is 0.0185. The lowest BCUT2D eigenvalue weighted by atomic mass is 10.1. The number of hydrogen-bond donors (Lipinski definition) is 1. The third-order valence-corrected chi connectivity index (χ3v) is 5.39. The van der Waals surface area contributed by atoms with Crippen molar-refractivity contribution in [3.05, 3.63) is 101 Å². The first-order valence-electron chi connectivity index (χ1n) is 9.77. The average Bonchev–Trinajstić information content (AvgIpc) is 3.35. The van der Waals surface area contributed by atoms with E-state index >= 15 is 0 Å². The molecule has 1 N–H and O–H groups in total. The second kappa shape index (κ2) is 7.98. The van der Waals surface area contributed by atoms with Gasteiger partial charge in [-0.3, -0.25) is 9.59 Å². The number of fused-ring (bicyclic) bond motifs is 2. The fourth-order valence-electron chi connectivity index (χ4n) is 3.61. The average molecular weight is 448 g/mol. The number of para-hydroxylation sites is 1. The van der Waals surface area contributed by atoms with Gasteiger partial charge in [0.1, 0.15) is 17.0 Å². The summed E-state index contributed by atoms with van der Waals surface area (Å²) in [6.07, 6.45) is 1.36. The van der Waals surface area contributed by atoms with Gasteiger partial charge in [-0.25, -0.2) is 4.39 Å². The molecule has 0 saturated heterocycles. The molecule has 5 aromatic rings. The van der Waals surface area contributed by atoms with Crippen LogP contribution in [0.4, 0.5) is 10.1 Å². The predicted molar refractivity (Wildman–Crippen MR) is 120 cm³/mol. The minimum Gasteiger partial charge on any atom is -0.464 e. The summed E-state index contributed by atoms with van der Waals surface area (Å²) in [5.74, 6) is -1.18. The fraction of sp³-hybridized carbons (Fsp3) is 0.0400. The van der Waals surface area contributed by atoms with E-state index < -0.39 is 11.7 Å². The number of nitrogens with one attached hydrogen (secondary N) is 1. The summed E-state index contributed by atoms with van der Waals surface area (Å²) in [5, 5.41) is 4.42. The molecule has 5 nitrogen and oxygen atoms in total. The monoisotopic (exact) mass is 447 g/mol. The number of carbonyl (C=O) groups excluding carboxylic acids is 2. The van der Waals surface area contributed by atoms with Gasteiger partial charge in [0.25, 0.3) is 0 Å². The molecule has 32 heavy (non-hydrogen) atoms. The van der Waals surface area contributed by atoms with Gasteiger partial charge in [0.2, 0.25) is 11.7 Å². The number of anilines is 1. The normalized spacial score (nSPS) is 11.2. The third-order valence-electron chi connectivity index (χ3n) is 5.14. The highest BCUT2D eigenvalue weighted by Crippen LogP contribution is 2.33. The summed E-state index contributed by atoms with van der Waals surface area (Å²) >= 11 is 5.92. The summed E-state index contributed by atoms with van der Waals surface area (Å²) < 4.78 is 24.9. The molecule has 0 radical (unpaired) electrons.